The Bertz CT molecular complexity index is 292. The van der Waals surface area contributed by atoms with Crippen molar-refractivity contribution >= 4 is 0 Å². The zero-order chi connectivity index (χ0) is 11.3. The van der Waals surface area contributed by atoms with E-state index < -0.39 is 0 Å². The maximum Gasteiger partial charge on any atom is 0.125 e. The molecule has 0 saturated carbocycles. The van der Waals surface area contributed by atoms with E-state index in [1.54, 1.807) is 0 Å². The van der Waals surface area contributed by atoms with Crippen LogP contribution in [0.4, 0.5) is 0 Å². The molecule has 0 aliphatic rings. The van der Waals surface area contributed by atoms with E-state index in [-0.39, 0.29) is 12.6 Å². The van der Waals surface area contributed by atoms with Gasteiger partial charge in [-0.05, 0) is 31.4 Å². The van der Waals surface area contributed by atoms with Crippen LogP contribution in [-0.2, 0) is 0 Å². The van der Waals surface area contributed by atoms with Crippen molar-refractivity contribution in [3.05, 3.63) is 29.3 Å². The first-order chi connectivity index (χ1) is 7.15. The summed E-state index contributed by atoms with van der Waals surface area (Å²) in [6.07, 6.45) is 0.671. The van der Waals surface area contributed by atoms with Crippen molar-refractivity contribution in [1.29, 1.82) is 0 Å². The van der Waals surface area contributed by atoms with Gasteiger partial charge in [0.05, 0.1) is 13.2 Å². The van der Waals surface area contributed by atoms with Gasteiger partial charge in [-0.15, -0.1) is 0 Å². The van der Waals surface area contributed by atoms with Crippen molar-refractivity contribution in [3.8, 4) is 5.75 Å². The lowest BCUT2D eigenvalue weighted by Gasteiger charge is -2.13. The van der Waals surface area contributed by atoms with Gasteiger partial charge in [0.25, 0.3) is 0 Å². The molecular weight excluding hydrogens is 190 g/mol. The first-order valence-corrected chi connectivity index (χ1v) is 5.20. The summed E-state index contributed by atoms with van der Waals surface area (Å²) in [5, 5.41) is 8.76. The Morgan fingerprint density at radius 1 is 1.33 bits per heavy atom. The van der Waals surface area contributed by atoms with Crippen molar-refractivity contribution < 1.29 is 9.84 Å². The Balaban J connectivity index is 2.50. The third-order valence-corrected chi connectivity index (χ3v) is 2.38. The minimum Gasteiger partial charge on any atom is -0.493 e. The molecule has 3 N–H and O–H groups in total. The van der Waals surface area contributed by atoms with Crippen LogP contribution in [0.15, 0.2) is 18.2 Å². The molecule has 1 atom stereocenters. The second kappa shape index (κ2) is 5.73. The Morgan fingerprint density at radius 2 is 1.93 bits per heavy atom. The number of para-hydroxylation sites is 1. The van der Waals surface area contributed by atoms with Gasteiger partial charge >= 0.3 is 0 Å². The van der Waals surface area contributed by atoms with Crippen LogP contribution in [0.3, 0.4) is 0 Å². The molecule has 1 aromatic rings. The van der Waals surface area contributed by atoms with Crippen LogP contribution in [0.5, 0.6) is 5.75 Å². The van der Waals surface area contributed by atoms with E-state index in [1.165, 1.54) is 0 Å². The van der Waals surface area contributed by atoms with E-state index in [0.29, 0.717) is 13.0 Å². The van der Waals surface area contributed by atoms with Crippen LogP contribution in [0.25, 0.3) is 0 Å². The van der Waals surface area contributed by atoms with Crippen molar-refractivity contribution in [2.75, 3.05) is 13.2 Å². The molecule has 0 amide bonds. The molecular formula is C12H19NO2. The number of rotatable bonds is 5. The lowest BCUT2D eigenvalue weighted by atomic mass is 10.1. The maximum atomic E-state index is 8.76. The third-order valence-electron chi connectivity index (χ3n) is 2.38. The lowest BCUT2D eigenvalue weighted by molar-refractivity contribution is 0.229. The summed E-state index contributed by atoms with van der Waals surface area (Å²) in [5.41, 5.74) is 7.85. The summed E-state index contributed by atoms with van der Waals surface area (Å²) in [5.74, 6) is 0.933. The van der Waals surface area contributed by atoms with Crippen LogP contribution in [-0.4, -0.2) is 24.4 Å². The molecule has 0 spiro atoms. The molecule has 0 fully saturated rings. The molecule has 1 aromatic carbocycles. The van der Waals surface area contributed by atoms with Crippen LogP contribution >= 0.6 is 0 Å². The van der Waals surface area contributed by atoms with Crippen molar-refractivity contribution in [1.82, 2.24) is 0 Å². The summed E-state index contributed by atoms with van der Waals surface area (Å²) in [6.45, 7) is 4.60. The topological polar surface area (TPSA) is 55.5 Å². The van der Waals surface area contributed by atoms with E-state index in [2.05, 4.69) is 0 Å². The summed E-state index contributed by atoms with van der Waals surface area (Å²) >= 11 is 0. The SMILES string of the molecule is Cc1cccc(C)c1OCCC(N)CO. The number of aryl methyl sites for hydroxylation is 2. The molecule has 0 aliphatic heterocycles. The Hall–Kier alpha value is -1.06. The number of benzene rings is 1. The molecule has 0 saturated heterocycles. The van der Waals surface area contributed by atoms with Crippen LogP contribution in [0.1, 0.15) is 17.5 Å². The minimum atomic E-state index is -0.186. The van der Waals surface area contributed by atoms with E-state index in [9.17, 15) is 0 Å². The molecule has 0 bridgehead atoms. The number of hydrogen-bond donors (Lipinski definition) is 2. The third kappa shape index (κ3) is 3.53. The number of aliphatic hydroxyl groups is 1. The first-order valence-electron chi connectivity index (χ1n) is 5.20. The van der Waals surface area contributed by atoms with Gasteiger partial charge in [-0.3, -0.25) is 0 Å². The fourth-order valence-electron chi connectivity index (χ4n) is 1.43. The zero-order valence-corrected chi connectivity index (χ0v) is 9.36. The average Bonchev–Trinajstić information content (AvgIpc) is 2.22. The van der Waals surface area contributed by atoms with Crippen LogP contribution in [0, 0.1) is 13.8 Å². The number of aliphatic hydroxyl groups excluding tert-OH is 1. The monoisotopic (exact) mass is 209 g/mol. The van der Waals surface area contributed by atoms with Gasteiger partial charge in [-0.2, -0.15) is 0 Å². The van der Waals surface area contributed by atoms with Gasteiger partial charge in [0.1, 0.15) is 5.75 Å². The van der Waals surface area contributed by atoms with Gasteiger partial charge in [0, 0.05) is 6.04 Å². The molecule has 1 rings (SSSR count). The normalized spacial score (nSPS) is 12.5. The van der Waals surface area contributed by atoms with E-state index in [0.717, 1.165) is 16.9 Å². The van der Waals surface area contributed by atoms with Crippen LogP contribution in [0.2, 0.25) is 0 Å². The van der Waals surface area contributed by atoms with Crippen molar-refractivity contribution in [2.24, 2.45) is 5.73 Å². The standard InChI is InChI=1S/C12H19NO2/c1-9-4-3-5-10(2)12(9)15-7-6-11(13)8-14/h3-5,11,14H,6-8,13H2,1-2H3. The fourth-order valence-corrected chi connectivity index (χ4v) is 1.43. The molecule has 0 aromatic heterocycles. The molecule has 3 nitrogen and oxygen atoms in total. The predicted octanol–water partition coefficient (Wildman–Crippen LogP) is 1.39. The highest BCUT2D eigenvalue weighted by Crippen LogP contribution is 2.22. The molecule has 1 unspecified atom stereocenters. The van der Waals surface area contributed by atoms with Gasteiger partial charge < -0.3 is 15.6 Å². The average molecular weight is 209 g/mol. The highest BCUT2D eigenvalue weighted by atomic mass is 16.5. The second-order valence-corrected chi connectivity index (χ2v) is 3.80. The highest BCUT2D eigenvalue weighted by Gasteiger charge is 2.04. The molecule has 0 heterocycles. The Kier molecular flexibility index (Phi) is 4.59. The van der Waals surface area contributed by atoms with Gasteiger partial charge in [0.2, 0.25) is 0 Å². The highest BCUT2D eigenvalue weighted by molar-refractivity contribution is 5.39. The fraction of sp³-hybridized carbons (Fsp3) is 0.500. The van der Waals surface area contributed by atoms with E-state index in [1.807, 2.05) is 32.0 Å². The van der Waals surface area contributed by atoms with E-state index in [4.69, 9.17) is 15.6 Å². The summed E-state index contributed by atoms with van der Waals surface area (Å²) in [4.78, 5) is 0. The summed E-state index contributed by atoms with van der Waals surface area (Å²) < 4.78 is 5.65. The van der Waals surface area contributed by atoms with Gasteiger partial charge in [-0.25, -0.2) is 0 Å². The second-order valence-electron chi connectivity index (χ2n) is 3.80. The summed E-state index contributed by atoms with van der Waals surface area (Å²) in [6, 6.07) is 5.87. The molecule has 3 heteroatoms. The molecule has 0 aliphatic carbocycles. The number of hydrogen-bond acceptors (Lipinski definition) is 3. The summed E-state index contributed by atoms with van der Waals surface area (Å²) in [7, 11) is 0. The lowest BCUT2D eigenvalue weighted by Crippen LogP contribution is -2.26. The zero-order valence-electron chi connectivity index (χ0n) is 9.36. The molecule has 15 heavy (non-hydrogen) atoms. The first kappa shape index (κ1) is 12.0. The van der Waals surface area contributed by atoms with Gasteiger partial charge in [0.15, 0.2) is 0 Å². The minimum absolute atomic E-state index is 0.0100. The molecule has 0 radical (unpaired) electrons. The van der Waals surface area contributed by atoms with E-state index >= 15 is 0 Å². The smallest absolute Gasteiger partial charge is 0.125 e. The number of ether oxygens (including phenoxy) is 1. The van der Waals surface area contributed by atoms with Crippen LogP contribution < -0.4 is 10.5 Å². The molecule has 84 valence electrons. The van der Waals surface area contributed by atoms with Crippen molar-refractivity contribution in [2.45, 2.75) is 26.3 Å². The quantitative estimate of drug-likeness (QED) is 0.770. The number of nitrogens with two attached hydrogens (primary N) is 1. The largest absolute Gasteiger partial charge is 0.493 e. The maximum absolute atomic E-state index is 8.76. The predicted molar refractivity (Wildman–Crippen MR) is 61.1 cm³/mol. The van der Waals surface area contributed by atoms with Gasteiger partial charge in [-0.1, -0.05) is 18.2 Å². The van der Waals surface area contributed by atoms with Crippen molar-refractivity contribution in [3.63, 3.8) is 0 Å². The Labute approximate surface area is 90.9 Å². The Morgan fingerprint density at radius 3 is 2.47 bits per heavy atom.